The van der Waals surface area contributed by atoms with Crippen LogP contribution in [-0.2, 0) is 0 Å². The molecule has 0 amide bonds. The summed E-state index contributed by atoms with van der Waals surface area (Å²) in [4.78, 5) is 11.1. The highest BCUT2D eigenvalue weighted by molar-refractivity contribution is 6.29. The highest BCUT2D eigenvalue weighted by Crippen LogP contribution is 2.44. The summed E-state index contributed by atoms with van der Waals surface area (Å²) >= 11 is 0. The van der Waals surface area contributed by atoms with E-state index in [-0.39, 0.29) is 0 Å². The molecule has 0 bridgehead atoms. The molecule has 15 aromatic rings. The third-order valence-corrected chi connectivity index (χ3v) is 14.6. The quantitative estimate of drug-likeness (QED) is 0.162. The number of rotatable bonds is 5. The van der Waals surface area contributed by atoms with E-state index in [1.165, 1.54) is 48.8 Å². The van der Waals surface area contributed by atoms with E-state index >= 15 is 0 Å². The van der Waals surface area contributed by atoms with Crippen LogP contribution >= 0.6 is 0 Å². The average Bonchev–Trinajstić information content (AvgIpc) is 3.97. The lowest BCUT2D eigenvalue weighted by Crippen LogP contribution is -2.03. The van der Waals surface area contributed by atoms with Gasteiger partial charge in [-0.05, 0) is 125 Å². The summed E-state index contributed by atoms with van der Waals surface area (Å²) in [5, 5.41) is 16.4. The maximum Gasteiger partial charge on any atom is 0.162 e. The molecule has 0 aliphatic carbocycles. The monoisotopic (exact) mass is 889 g/mol. The second-order valence-corrected chi connectivity index (χ2v) is 18.5. The Morgan fingerprint density at radius 2 is 0.814 bits per heavy atom. The number of para-hydroxylation sites is 1. The van der Waals surface area contributed by atoms with E-state index in [0.717, 1.165) is 93.7 Å². The SMILES string of the molecule is c1ccc(-c2ccc3c(c2)c2cc4c5ccccc5c5cc(-c6ccc7c(c6)oc6ccccc67)ccc5c4cc2n3-c2cc(-c3cccc4ccccc34)nc(-c3cccc4ccccc34)n2)cc1. The van der Waals surface area contributed by atoms with Crippen LogP contribution in [0.25, 0.3) is 148 Å². The molecule has 0 unspecified atom stereocenters. The van der Waals surface area contributed by atoms with E-state index in [2.05, 4.69) is 229 Å². The Morgan fingerprint density at radius 1 is 0.286 bits per heavy atom. The molecule has 0 spiro atoms. The van der Waals surface area contributed by atoms with Crippen molar-refractivity contribution in [2.45, 2.75) is 0 Å². The van der Waals surface area contributed by atoms with Crippen molar-refractivity contribution in [1.29, 1.82) is 0 Å². The molecule has 0 N–H and O–H groups in total. The van der Waals surface area contributed by atoms with Gasteiger partial charge in [-0.25, -0.2) is 9.97 Å². The fourth-order valence-corrected chi connectivity index (χ4v) is 11.3. The summed E-state index contributed by atoms with van der Waals surface area (Å²) in [5.74, 6) is 1.49. The van der Waals surface area contributed by atoms with Gasteiger partial charge in [-0.1, -0.05) is 182 Å². The maximum absolute atomic E-state index is 6.37. The molecule has 70 heavy (non-hydrogen) atoms. The standard InChI is InChI=1S/C66H39N3O/c1-2-14-40(15-3-1)43-30-33-61-58(35-43)59-37-56-49-23-9-8-22-48(49)55-34-44(45-29-32-53-52-24-10-11-27-63(52)70-64(53)36-45)28-31-50(55)57(56)38-62(59)69(61)65-39-60(51-25-12-18-41-16-4-6-20-46(41)51)67-66(68-65)54-26-13-19-42-17-5-7-21-47(42)54/h1-39H. The third kappa shape index (κ3) is 5.90. The summed E-state index contributed by atoms with van der Waals surface area (Å²) < 4.78 is 8.74. The normalized spacial score (nSPS) is 12.0. The zero-order chi connectivity index (χ0) is 45.9. The largest absolute Gasteiger partial charge is 0.456 e. The summed E-state index contributed by atoms with van der Waals surface area (Å²) in [6.45, 7) is 0. The Bertz CT molecular complexity index is 4550. The zero-order valence-electron chi connectivity index (χ0n) is 37.8. The lowest BCUT2D eigenvalue weighted by molar-refractivity contribution is 0.669. The Morgan fingerprint density at radius 3 is 1.60 bits per heavy atom. The van der Waals surface area contributed by atoms with Crippen molar-refractivity contribution in [2.75, 3.05) is 0 Å². The van der Waals surface area contributed by atoms with Gasteiger partial charge >= 0.3 is 0 Å². The van der Waals surface area contributed by atoms with Gasteiger partial charge in [0.25, 0.3) is 0 Å². The van der Waals surface area contributed by atoms with Gasteiger partial charge in [-0.15, -0.1) is 0 Å². The fourth-order valence-electron chi connectivity index (χ4n) is 11.3. The predicted molar refractivity (Wildman–Crippen MR) is 293 cm³/mol. The molecule has 4 heteroatoms. The van der Waals surface area contributed by atoms with Crippen LogP contribution < -0.4 is 0 Å². The predicted octanol–water partition coefficient (Wildman–Crippen LogP) is 17.9. The van der Waals surface area contributed by atoms with Crippen molar-refractivity contribution >= 4 is 97.6 Å². The first-order valence-corrected chi connectivity index (χ1v) is 23.9. The number of hydrogen-bond donors (Lipinski definition) is 0. The van der Waals surface area contributed by atoms with Crippen LogP contribution in [0.3, 0.4) is 0 Å². The maximum atomic E-state index is 6.37. The van der Waals surface area contributed by atoms with Crippen molar-refractivity contribution in [1.82, 2.24) is 14.5 Å². The third-order valence-electron chi connectivity index (χ3n) is 14.6. The molecule has 15 rings (SSSR count). The van der Waals surface area contributed by atoms with Crippen LogP contribution in [0.15, 0.2) is 241 Å². The van der Waals surface area contributed by atoms with Crippen LogP contribution in [0.1, 0.15) is 0 Å². The van der Waals surface area contributed by atoms with E-state index in [0.29, 0.717) is 5.82 Å². The van der Waals surface area contributed by atoms with Crippen LogP contribution in [0, 0.1) is 0 Å². The molecule has 0 saturated carbocycles. The summed E-state index contributed by atoms with van der Waals surface area (Å²) in [5.41, 5.74) is 11.5. The minimum atomic E-state index is 0.679. The topological polar surface area (TPSA) is 43.9 Å². The minimum absolute atomic E-state index is 0.679. The molecule has 0 saturated heterocycles. The van der Waals surface area contributed by atoms with Crippen LogP contribution in [-0.4, -0.2) is 14.5 Å². The van der Waals surface area contributed by atoms with Crippen molar-refractivity contribution in [3.63, 3.8) is 0 Å². The van der Waals surface area contributed by atoms with Crippen molar-refractivity contribution in [3.8, 4) is 50.7 Å². The van der Waals surface area contributed by atoms with Gasteiger partial charge in [0.1, 0.15) is 17.0 Å². The van der Waals surface area contributed by atoms with Crippen molar-refractivity contribution in [3.05, 3.63) is 237 Å². The first-order valence-electron chi connectivity index (χ1n) is 23.9. The molecule has 0 radical (unpaired) electrons. The van der Waals surface area contributed by atoms with Crippen molar-refractivity contribution < 1.29 is 4.42 Å². The highest BCUT2D eigenvalue weighted by Gasteiger charge is 2.21. The summed E-state index contributed by atoms with van der Waals surface area (Å²) in [6.07, 6.45) is 0. The number of benzene rings is 12. The first-order chi connectivity index (χ1) is 34.7. The molecule has 324 valence electrons. The Kier molecular flexibility index (Phi) is 8.33. The van der Waals surface area contributed by atoms with Gasteiger partial charge in [-0.2, -0.15) is 0 Å². The van der Waals surface area contributed by atoms with Gasteiger partial charge in [-0.3, -0.25) is 4.57 Å². The molecule has 0 aliphatic heterocycles. The van der Waals surface area contributed by atoms with Gasteiger partial charge < -0.3 is 4.42 Å². The lowest BCUT2D eigenvalue weighted by atomic mass is 9.91. The number of nitrogens with zero attached hydrogens (tertiary/aromatic N) is 3. The molecule has 3 aromatic heterocycles. The number of fused-ring (bicyclic) bond motifs is 14. The summed E-state index contributed by atoms with van der Waals surface area (Å²) in [6, 6.07) is 85.3. The molecule has 4 nitrogen and oxygen atoms in total. The molecule has 0 atom stereocenters. The second-order valence-electron chi connectivity index (χ2n) is 18.5. The molecular weight excluding hydrogens is 851 g/mol. The molecule has 12 aromatic carbocycles. The van der Waals surface area contributed by atoms with E-state index in [9.17, 15) is 0 Å². The first kappa shape index (κ1) is 38.7. The molecular formula is C66H39N3O. The Labute approximate surface area is 402 Å². The van der Waals surface area contributed by atoms with Gasteiger partial charge in [0, 0.05) is 38.7 Å². The summed E-state index contributed by atoms with van der Waals surface area (Å²) in [7, 11) is 0. The van der Waals surface area contributed by atoms with Crippen LogP contribution in [0.2, 0.25) is 0 Å². The van der Waals surface area contributed by atoms with Gasteiger partial charge in [0.2, 0.25) is 0 Å². The Hall–Kier alpha value is -9.38. The van der Waals surface area contributed by atoms with E-state index in [1.54, 1.807) is 0 Å². The van der Waals surface area contributed by atoms with Crippen molar-refractivity contribution in [2.24, 2.45) is 0 Å². The van der Waals surface area contributed by atoms with Gasteiger partial charge in [0.05, 0.1) is 16.7 Å². The molecule has 3 heterocycles. The smallest absolute Gasteiger partial charge is 0.162 e. The number of aromatic nitrogens is 3. The van der Waals surface area contributed by atoms with E-state index < -0.39 is 0 Å². The average molecular weight is 890 g/mol. The van der Waals surface area contributed by atoms with Gasteiger partial charge in [0.15, 0.2) is 5.82 Å². The van der Waals surface area contributed by atoms with E-state index in [1.807, 2.05) is 12.1 Å². The minimum Gasteiger partial charge on any atom is -0.456 e. The fraction of sp³-hybridized carbons (Fsp3) is 0. The number of furan rings is 1. The highest BCUT2D eigenvalue weighted by atomic mass is 16.3. The number of hydrogen-bond acceptors (Lipinski definition) is 3. The zero-order valence-corrected chi connectivity index (χ0v) is 37.8. The van der Waals surface area contributed by atoms with Crippen LogP contribution in [0.4, 0.5) is 0 Å². The van der Waals surface area contributed by atoms with Crippen LogP contribution in [0.5, 0.6) is 0 Å². The second kappa shape index (κ2) is 15.1. The van der Waals surface area contributed by atoms with E-state index in [4.69, 9.17) is 14.4 Å². The molecule has 0 aliphatic rings. The lowest BCUT2D eigenvalue weighted by Gasteiger charge is -2.15. The molecule has 0 fully saturated rings. The Balaban J connectivity index is 1.03.